The Hall–Kier alpha value is -3.21. The summed E-state index contributed by atoms with van der Waals surface area (Å²) in [6, 6.07) is 19.6. The second-order valence-electron chi connectivity index (χ2n) is 6.03. The lowest BCUT2D eigenvalue weighted by Crippen LogP contribution is -2.24. The maximum Gasteiger partial charge on any atom is 0.274 e. The van der Waals surface area contributed by atoms with Gasteiger partial charge in [0.1, 0.15) is 17.8 Å². The van der Waals surface area contributed by atoms with Gasteiger partial charge in [0, 0.05) is 24.8 Å². The van der Waals surface area contributed by atoms with E-state index in [9.17, 15) is 4.79 Å². The van der Waals surface area contributed by atoms with Crippen LogP contribution >= 0.6 is 0 Å². The fourth-order valence-corrected chi connectivity index (χ4v) is 2.70. The smallest absolute Gasteiger partial charge is 0.274 e. The van der Waals surface area contributed by atoms with Crippen LogP contribution in [0.4, 0.5) is 11.5 Å². The molecular formula is C21H22N4O. The Labute approximate surface area is 153 Å². The molecule has 0 unspecified atom stereocenters. The van der Waals surface area contributed by atoms with Crippen molar-refractivity contribution >= 4 is 17.4 Å². The van der Waals surface area contributed by atoms with Gasteiger partial charge in [0.2, 0.25) is 0 Å². The molecule has 0 saturated carbocycles. The number of hydrogen-bond donors (Lipinski definition) is 1. The van der Waals surface area contributed by atoms with Crippen LogP contribution in [0.3, 0.4) is 0 Å². The Morgan fingerprint density at radius 1 is 1.04 bits per heavy atom. The fraction of sp³-hybridized carbons (Fsp3) is 0.190. The van der Waals surface area contributed by atoms with E-state index in [1.807, 2.05) is 49.4 Å². The van der Waals surface area contributed by atoms with Gasteiger partial charge in [0.15, 0.2) is 0 Å². The number of carbonyl (C=O) groups is 1. The topological polar surface area (TPSA) is 58.1 Å². The number of anilines is 2. The molecule has 1 heterocycles. The van der Waals surface area contributed by atoms with Gasteiger partial charge in [0.05, 0.1) is 0 Å². The Balaban J connectivity index is 1.78. The van der Waals surface area contributed by atoms with Crippen LogP contribution in [0, 0.1) is 6.92 Å². The van der Waals surface area contributed by atoms with E-state index in [2.05, 4.69) is 39.2 Å². The highest BCUT2D eigenvalue weighted by Gasteiger charge is 2.13. The Kier molecular flexibility index (Phi) is 5.59. The Morgan fingerprint density at radius 2 is 1.77 bits per heavy atom. The van der Waals surface area contributed by atoms with Crippen LogP contribution in [0.2, 0.25) is 0 Å². The summed E-state index contributed by atoms with van der Waals surface area (Å²) >= 11 is 0. The predicted octanol–water partition coefficient (Wildman–Crippen LogP) is 4.06. The van der Waals surface area contributed by atoms with Crippen molar-refractivity contribution in [1.82, 2.24) is 9.97 Å². The van der Waals surface area contributed by atoms with E-state index >= 15 is 0 Å². The molecule has 0 saturated heterocycles. The van der Waals surface area contributed by atoms with Gasteiger partial charge in [-0.2, -0.15) is 0 Å². The number of rotatable bonds is 6. The van der Waals surface area contributed by atoms with Crippen LogP contribution in [-0.2, 0) is 6.54 Å². The van der Waals surface area contributed by atoms with Crippen molar-refractivity contribution in [3.63, 3.8) is 0 Å². The lowest BCUT2D eigenvalue weighted by atomic mass is 10.2. The third kappa shape index (κ3) is 4.25. The number of benzene rings is 2. The molecule has 3 aromatic rings. The standard InChI is InChI=1S/C21H22N4O/c1-3-25(14-17-10-5-4-6-11-17)20-13-19(22-15-23-20)21(26)24-18-12-8-7-9-16(18)2/h4-13,15H,3,14H2,1-2H3,(H,24,26). The molecule has 2 aromatic carbocycles. The molecule has 0 aliphatic rings. The minimum atomic E-state index is -0.237. The quantitative estimate of drug-likeness (QED) is 0.731. The summed E-state index contributed by atoms with van der Waals surface area (Å²) in [5.41, 5.74) is 3.34. The number of para-hydroxylation sites is 1. The summed E-state index contributed by atoms with van der Waals surface area (Å²) in [6.07, 6.45) is 1.44. The third-order valence-corrected chi connectivity index (χ3v) is 4.20. The van der Waals surface area contributed by atoms with E-state index in [-0.39, 0.29) is 5.91 Å². The van der Waals surface area contributed by atoms with E-state index in [1.54, 1.807) is 6.07 Å². The number of carbonyl (C=O) groups excluding carboxylic acids is 1. The molecule has 3 rings (SSSR count). The first-order chi connectivity index (χ1) is 12.7. The first-order valence-electron chi connectivity index (χ1n) is 8.65. The largest absolute Gasteiger partial charge is 0.352 e. The van der Waals surface area contributed by atoms with E-state index in [0.717, 1.165) is 30.2 Å². The van der Waals surface area contributed by atoms with Crippen molar-refractivity contribution in [2.45, 2.75) is 20.4 Å². The summed E-state index contributed by atoms with van der Waals surface area (Å²) in [6.45, 7) is 5.54. The molecule has 0 radical (unpaired) electrons. The maximum atomic E-state index is 12.6. The van der Waals surface area contributed by atoms with Gasteiger partial charge in [-0.3, -0.25) is 4.79 Å². The van der Waals surface area contributed by atoms with Gasteiger partial charge >= 0.3 is 0 Å². The molecule has 1 N–H and O–H groups in total. The fourth-order valence-electron chi connectivity index (χ4n) is 2.70. The minimum absolute atomic E-state index is 0.237. The average molecular weight is 346 g/mol. The number of nitrogens with one attached hydrogen (secondary N) is 1. The van der Waals surface area contributed by atoms with Gasteiger partial charge in [0.25, 0.3) is 5.91 Å². The molecule has 1 aromatic heterocycles. The van der Waals surface area contributed by atoms with Crippen LogP contribution in [0.25, 0.3) is 0 Å². The Bertz CT molecular complexity index is 880. The summed E-state index contributed by atoms with van der Waals surface area (Å²) in [5, 5.41) is 2.91. The number of nitrogens with zero attached hydrogens (tertiary/aromatic N) is 3. The SMILES string of the molecule is CCN(Cc1ccccc1)c1cc(C(=O)Nc2ccccc2C)ncn1. The molecule has 0 spiro atoms. The van der Waals surface area contributed by atoms with Crippen LogP contribution in [-0.4, -0.2) is 22.4 Å². The molecule has 5 nitrogen and oxygen atoms in total. The molecular weight excluding hydrogens is 324 g/mol. The first kappa shape index (κ1) is 17.6. The minimum Gasteiger partial charge on any atom is -0.352 e. The molecule has 0 bridgehead atoms. The van der Waals surface area contributed by atoms with Crippen molar-refractivity contribution in [2.24, 2.45) is 0 Å². The van der Waals surface area contributed by atoms with Gasteiger partial charge in [-0.25, -0.2) is 9.97 Å². The second kappa shape index (κ2) is 8.25. The van der Waals surface area contributed by atoms with Crippen molar-refractivity contribution in [3.05, 3.63) is 83.8 Å². The van der Waals surface area contributed by atoms with E-state index in [1.165, 1.54) is 11.9 Å². The zero-order valence-electron chi connectivity index (χ0n) is 15.0. The molecule has 132 valence electrons. The Morgan fingerprint density at radius 3 is 2.50 bits per heavy atom. The van der Waals surface area contributed by atoms with Gasteiger partial charge in [-0.1, -0.05) is 48.5 Å². The number of aromatic nitrogens is 2. The summed E-state index contributed by atoms with van der Waals surface area (Å²) in [5.74, 6) is 0.500. The monoisotopic (exact) mass is 346 g/mol. The molecule has 0 aliphatic heterocycles. The average Bonchev–Trinajstić information content (AvgIpc) is 2.69. The molecule has 1 amide bonds. The van der Waals surface area contributed by atoms with Crippen molar-refractivity contribution in [1.29, 1.82) is 0 Å². The van der Waals surface area contributed by atoms with Gasteiger partial charge in [-0.15, -0.1) is 0 Å². The van der Waals surface area contributed by atoms with Crippen LogP contribution < -0.4 is 10.2 Å². The molecule has 5 heteroatoms. The highest BCUT2D eigenvalue weighted by atomic mass is 16.1. The van der Waals surface area contributed by atoms with E-state index in [4.69, 9.17) is 0 Å². The van der Waals surface area contributed by atoms with Gasteiger partial charge in [-0.05, 0) is 31.0 Å². The zero-order valence-corrected chi connectivity index (χ0v) is 15.0. The third-order valence-electron chi connectivity index (χ3n) is 4.20. The normalized spacial score (nSPS) is 10.4. The summed E-state index contributed by atoms with van der Waals surface area (Å²) < 4.78 is 0. The molecule has 0 atom stereocenters. The number of hydrogen-bond acceptors (Lipinski definition) is 4. The van der Waals surface area contributed by atoms with Crippen molar-refractivity contribution in [3.8, 4) is 0 Å². The highest BCUT2D eigenvalue weighted by Crippen LogP contribution is 2.17. The lowest BCUT2D eigenvalue weighted by Gasteiger charge is -2.22. The van der Waals surface area contributed by atoms with E-state index in [0.29, 0.717) is 5.69 Å². The zero-order chi connectivity index (χ0) is 18.4. The van der Waals surface area contributed by atoms with Crippen LogP contribution in [0.15, 0.2) is 67.0 Å². The lowest BCUT2D eigenvalue weighted by molar-refractivity contribution is 0.102. The predicted molar refractivity (Wildman–Crippen MR) is 104 cm³/mol. The molecule has 26 heavy (non-hydrogen) atoms. The number of amides is 1. The maximum absolute atomic E-state index is 12.6. The van der Waals surface area contributed by atoms with Crippen LogP contribution in [0.5, 0.6) is 0 Å². The second-order valence-corrected chi connectivity index (χ2v) is 6.03. The first-order valence-corrected chi connectivity index (χ1v) is 8.65. The van der Waals surface area contributed by atoms with Crippen molar-refractivity contribution < 1.29 is 4.79 Å². The van der Waals surface area contributed by atoms with Gasteiger partial charge < -0.3 is 10.2 Å². The van der Waals surface area contributed by atoms with Crippen molar-refractivity contribution in [2.75, 3.05) is 16.8 Å². The summed E-state index contributed by atoms with van der Waals surface area (Å²) in [4.78, 5) is 23.2. The summed E-state index contributed by atoms with van der Waals surface area (Å²) in [7, 11) is 0. The highest BCUT2D eigenvalue weighted by molar-refractivity contribution is 6.03. The number of aryl methyl sites for hydroxylation is 1. The molecule has 0 aliphatic carbocycles. The van der Waals surface area contributed by atoms with E-state index < -0.39 is 0 Å². The van der Waals surface area contributed by atoms with Crippen LogP contribution in [0.1, 0.15) is 28.5 Å². The molecule has 0 fully saturated rings.